The molecule has 0 amide bonds. The molecule has 0 radical (unpaired) electrons. The quantitative estimate of drug-likeness (QED) is 0.589. The fourth-order valence-electron chi connectivity index (χ4n) is 3.63. The predicted octanol–water partition coefficient (Wildman–Crippen LogP) is 4.30. The minimum atomic E-state index is 0.432. The van der Waals surface area contributed by atoms with E-state index < -0.39 is 0 Å². The summed E-state index contributed by atoms with van der Waals surface area (Å²) >= 11 is 0. The van der Waals surface area contributed by atoms with Crippen molar-refractivity contribution >= 4 is 0 Å². The van der Waals surface area contributed by atoms with E-state index in [0.29, 0.717) is 17.3 Å². The van der Waals surface area contributed by atoms with Gasteiger partial charge in [0.1, 0.15) is 5.76 Å². The van der Waals surface area contributed by atoms with Crippen LogP contribution in [0.5, 0.6) is 0 Å². The van der Waals surface area contributed by atoms with Crippen LogP contribution >= 0.6 is 0 Å². The van der Waals surface area contributed by atoms with Gasteiger partial charge in [-0.25, -0.2) is 0 Å². The summed E-state index contributed by atoms with van der Waals surface area (Å²) in [7, 11) is 0. The first-order chi connectivity index (χ1) is 7.60. The van der Waals surface area contributed by atoms with Crippen molar-refractivity contribution in [1.82, 2.24) is 0 Å². The first kappa shape index (κ1) is 10.2. The van der Waals surface area contributed by atoms with E-state index in [0.717, 1.165) is 6.42 Å². The summed E-state index contributed by atoms with van der Waals surface area (Å²) in [6, 6.07) is 2.16. The molecule has 0 spiro atoms. The van der Waals surface area contributed by atoms with Gasteiger partial charge in [0.2, 0.25) is 0 Å². The second-order valence-corrected chi connectivity index (χ2v) is 5.95. The molecule has 1 saturated carbocycles. The molecule has 0 saturated heterocycles. The number of rotatable bonds is 0. The van der Waals surface area contributed by atoms with Gasteiger partial charge in [-0.1, -0.05) is 26.0 Å². The van der Waals surface area contributed by atoms with Crippen molar-refractivity contribution in [2.45, 2.75) is 45.4 Å². The third kappa shape index (κ3) is 1.30. The Morgan fingerprint density at radius 2 is 2.31 bits per heavy atom. The monoisotopic (exact) mass is 216 g/mol. The number of aryl methyl sites for hydroxylation is 1. The molecule has 1 heterocycles. The van der Waals surface area contributed by atoms with Crippen LogP contribution in [0.1, 0.15) is 50.4 Å². The second-order valence-electron chi connectivity index (χ2n) is 5.95. The van der Waals surface area contributed by atoms with E-state index in [1.165, 1.54) is 36.2 Å². The Morgan fingerprint density at radius 3 is 3.12 bits per heavy atom. The molecule has 3 rings (SSSR count). The summed E-state index contributed by atoms with van der Waals surface area (Å²) < 4.78 is 5.71. The third-order valence-corrected chi connectivity index (χ3v) is 5.00. The molecule has 2 aliphatic carbocycles. The average molecular weight is 216 g/mol. The van der Waals surface area contributed by atoms with Crippen LogP contribution in [0.25, 0.3) is 0 Å². The minimum Gasteiger partial charge on any atom is -0.469 e. The standard InChI is InChI=1S/C15H20O/c1-10-8-13-9-15(3,11(10)2)6-4-12-5-7-16-14(12)13/h5,7,11,13H,1,4,6,8-9H2,2-3H3/t11-,13?,15+/m0/s1. The molecule has 0 aromatic carbocycles. The lowest BCUT2D eigenvalue weighted by atomic mass is 9.62. The van der Waals surface area contributed by atoms with Crippen molar-refractivity contribution in [3.63, 3.8) is 0 Å². The summed E-state index contributed by atoms with van der Waals surface area (Å²) in [5, 5.41) is 0. The molecule has 16 heavy (non-hydrogen) atoms. The molecule has 1 nitrogen and oxygen atoms in total. The molecule has 1 aromatic rings. The van der Waals surface area contributed by atoms with Crippen molar-refractivity contribution in [1.29, 1.82) is 0 Å². The van der Waals surface area contributed by atoms with E-state index in [-0.39, 0.29) is 0 Å². The Bertz CT molecular complexity index is 428. The summed E-state index contributed by atoms with van der Waals surface area (Å²) in [6.45, 7) is 9.06. The number of hydrogen-bond donors (Lipinski definition) is 0. The molecule has 0 aliphatic heterocycles. The van der Waals surface area contributed by atoms with E-state index in [1.807, 2.05) is 6.26 Å². The zero-order chi connectivity index (χ0) is 11.3. The maximum Gasteiger partial charge on any atom is 0.110 e. The number of hydrogen-bond acceptors (Lipinski definition) is 1. The van der Waals surface area contributed by atoms with E-state index in [2.05, 4.69) is 26.5 Å². The van der Waals surface area contributed by atoms with Crippen molar-refractivity contribution in [2.24, 2.45) is 11.3 Å². The molecular weight excluding hydrogens is 196 g/mol. The van der Waals surface area contributed by atoms with Crippen LogP contribution in [0, 0.1) is 11.3 Å². The smallest absolute Gasteiger partial charge is 0.110 e. The van der Waals surface area contributed by atoms with Gasteiger partial charge in [-0.3, -0.25) is 0 Å². The van der Waals surface area contributed by atoms with Crippen LogP contribution in [0.4, 0.5) is 0 Å². The molecule has 1 unspecified atom stereocenters. The predicted molar refractivity (Wildman–Crippen MR) is 65.4 cm³/mol. The average Bonchev–Trinajstić information content (AvgIpc) is 2.67. The van der Waals surface area contributed by atoms with Crippen LogP contribution in [-0.2, 0) is 6.42 Å². The van der Waals surface area contributed by atoms with Crippen LogP contribution in [0.2, 0.25) is 0 Å². The highest BCUT2D eigenvalue weighted by Crippen LogP contribution is 2.54. The molecule has 2 aliphatic rings. The van der Waals surface area contributed by atoms with Crippen molar-refractivity contribution in [3.05, 3.63) is 35.8 Å². The maximum atomic E-state index is 5.71. The van der Waals surface area contributed by atoms with Crippen molar-refractivity contribution in [2.75, 3.05) is 0 Å². The van der Waals surface area contributed by atoms with Gasteiger partial charge in [-0.2, -0.15) is 0 Å². The number of allylic oxidation sites excluding steroid dienone is 1. The summed E-state index contributed by atoms with van der Waals surface area (Å²) in [5.74, 6) is 2.49. The first-order valence-corrected chi connectivity index (χ1v) is 6.34. The second kappa shape index (κ2) is 3.26. The Morgan fingerprint density at radius 1 is 1.50 bits per heavy atom. The Labute approximate surface area is 97.5 Å². The molecule has 86 valence electrons. The molecule has 3 atom stereocenters. The highest BCUT2D eigenvalue weighted by atomic mass is 16.3. The topological polar surface area (TPSA) is 13.1 Å². The SMILES string of the molecule is C=C1CC2C[C@@](C)(CCc3ccoc32)[C@H]1C. The van der Waals surface area contributed by atoms with Gasteiger partial charge in [-0.05, 0) is 48.6 Å². The minimum absolute atomic E-state index is 0.432. The number of furan rings is 1. The fraction of sp³-hybridized carbons (Fsp3) is 0.600. The van der Waals surface area contributed by atoms with Crippen LogP contribution in [-0.4, -0.2) is 0 Å². The zero-order valence-electron chi connectivity index (χ0n) is 10.3. The van der Waals surface area contributed by atoms with Gasteiger partial charge < -0.3 is 4.42 Å². The molecule has 0 N–H and O–H groups in total. The molecule has 2 bridgehead atoms. The van der Waals surface area contributed by atoms with Crippen LogP contribution in [0.3, 0.4) is 0 Å². The van der Waals surface area contributed by atoms with Crippen LogP contribution < -0.4 is 0 Å². The summed E-state index contributed by atoms with van der Waals surface area (Å²) in [6.07, 6.45) is 6.70. The lowest BCUT2D eigenvalue weighted by molar-refractivity contribution is 0.148. The molecule has 1 aromatic heterocycles. The van der Waals surface area contributed by atoms with Gasteiger partial charge in [0, 0.05) is 5.92 Å². The lowest BCUT2D eigenvalue weighted by Crippen LogP contribution is -2.32. The number of fused-ring (bicyclic) bond motifs is 4. The van der Waals surface area contributed by atoms with E-state index >= 15 is 0 Å². The first-order valence-electron chi connectivity index (χ1n) is 6.34. The third-order valence-electron chi connectivity index (χ3n) is 5.00. The lowest BCUT2D eigenvalue weighted by Gasteiger charge is -2.43. The molecule has 1 heteroatoms. The zero-order valence-corrected chi connectivity index (χ0v) is 10.3. The van der Waals surface area contributed by atoms with Crippen molar-refractivity contribution in [3.8, 4) is 0 Å². The molecular formula is C15H20O. The Hall–Kier alpha value is -0.980. The van der Waals surface area contributed by atoms with E-state index in [1.54, 1.807) is 0 Å². The van der Waals surface area contributed by atoms with Gasteiger partial charge in [-0.15, -0.1) is 0 Å². The van der Waals surface area contributed by atoms with Crippen LogP contribution in [0.15, 0.2) is 28.9 Å². The fourth-order valence-corrected chi connectivity index (χ4v) is 3.63. The Balaban J connectivity index is 2.05. The van der Waals surface area contributed by atoms with Gasteiger partial charge in [0.15, 0.2) is 0 Å². The summed E-state index contributed by atoms with van der Waals surface area (Å²) in [5.41, 5.74) is 3.29. The van der Waals surface area contributed by atoms with E-state index in [9.17, 15) is 0 Å². The van der Waals surface area contributed by atoms with Gasteiger partial charge >= 0.3 is 0 Å². The maximum absolute atomic E-state index is 5.71. The van der Waals surface area contributed by atoms with Gasteiger partial charge in [0.25, 0.3) is 0 Å². The molecule has 1 fully saturated rings. The largest absolute Gasteiger partial charge is 0.469 e. The van der Waals surface area contributed by atoms with Gasteiger partial charge in [0.05, 0.1) is 6.26 Å². The summed E-state index contributed by atoms with van der Waals surface area (Å²) in [4.78, 5) is 0. The highest BCUT2D eigenvalue weighted by Gasteiger charge is 2.43. The van der Waals surface area contributed by atoms with E-state index in [4.69, 9.17) is 4.42 Å². The highest BCUT2D eigenvalue weighted by molar-refractivity contribution is 5.28. The normalized spacial score (nSPS) is 38.0. The Kier molecular flexibility index (Phi) is 2.07. The van der Waals surface area contributed by atoms with Crippen molar-refractivity contribution < 1.29 is 4.42 Å².